The first-order chi connectivity index (χ1) is 9.99. The number of hydrogen-bond donors (Lipinski definition) is 2. The predicted octanol–water partition coefficient (Wildman–Crippen LogP) is 4.40. The highest BCUT2D eigenvalue weighted by Gasteiger charge is 2.29. The van der Waals surface area contributed by atoms with E-state index >= 15 is 0 Å². The number of benzene rings is 2. The van der Waals surface area contributed by atoms with Gasteiger partial charge in [0.15, 0.2) is 0 Å². The Morgan fingerprint density at radius 2 is 1.43 bits per heavy atom. The van der Waals surface area contributed by atoms with Crippen LogP contribution >= 0.6 is 0 Å². The van der Waals surface area contributed by atoms with Gasteiger partial charge in [0.25, 0.3) is 0 Å². The molecule has 2 nitrogen and oxygen atoms in total. The lowest BCUT2D eigenvalue weighted by Crippen LogP contribution is -2.07. The first-order valence-corrected chi connectivity index (χ1v) is 6.67. The molecule has 0 heterocycles. The first kappa shape index (κ1) is 15.2. The third-order valence-corrected chi connectivity index (χ3v) is 3.20. The van der Waals surface area contributed by atoms with Crippen LogP contribution in [0, 0.1) is 0 Å². The van der Waals surface area contributed by atoms with Crippen LogP contribution in [-0.4, -0.2) is 13.6 Å². The molecule has 2 rings (SSSR count). The Balaban J connectivity index is 1.85. The molecule has 0 saturated carbocycles. The molecular weight excluding hydrogens is 277 g/mol. The lowest BCUT2D eigenvalue weighted by molar-refractivity contribution is -0.137. The fourth-order valence-electron chi connectivity index (χ4n) is 1.97. The van der Waals surface area contributed by atoms with Crippen molar-refractivity contribution in [3.05, 3.63) is 59.7 Å². The number of halogens is 3. The Morgan fingerprint density at radius 1 is 0.857 bits per heavy atom. The Hall–Kier alpha value is -2.17. The summed E-state index contributed by atoms with van der Waals surface area (Å²) < 4.78 is 37.3. The predicted molar refractivity (Wildman–Crippen MR) is 79.6 cm³/mol. The molecule has 0 fully saturated rings. The minimum absolute atomic E-state index is 0.609. The lowest BCUT2D eigenvalue weighted by Gasteiger charge is -2.09. The quantitative estimate of drug-likeness (QED) is 0.854. The zero-order chi connectivity index (χ0) is 15.3. The van der Waals surface area contributed by atoms with Crippen molar-refractivity contribution in [3.63, 3.8) is 0 Å². The van der Waals surface area contributed by atoms with E-state index in [-0.39, 0.29) is 0 Å². The largest absolute Gasteiger partial charge is 0.416 e. The molecule has 0 amide bonds. The van der Waals surface area contributed by atoms with E-state index in [0.717, 1.165) is 29.1 Å². The van der Waals surface area contributed by atoms with Crippen molar-refractivity contribution in [1.29, 1.82) is 0 Å². The van der Waals surface area contributed by atoms with Gasteiger partial charge < -0.3 is 10.6 Å². The molecule has 0 unspecified atom stereocenters. The molecule has 0 saturated heterocycles. The molecule has 0 spiro atoms. The Bertz CT molecular complexity index is 560. The van der Waals surface area contributed by atoms with E-state index in [1.165, 1.54) is 12.1 Å². The summed E-state index contributed by atoms with van der Waals surface area (Å²) in [5, 5.41) is 6.27. The average molecular weight is 294 g/mol. The highest BCUT2D eigenvalue weighted by atomic mass is 19.4. The molecule has 2 aromatic rings. The maximum Gasteiger partial charge on any atom is 0.416 e. The molecule has 2 aromatic carbocycles. The van der Waals surface area contributed by atoms with Gasteiger partial charge in [0.05, 0.1) is 5.56 Å². The zero-order valence-corrected chi connectivity index (χ0v) is 11.7. The highest BCUT2D eigenvalue weighted by molar-refractivity contribution is 5.53. The molecule has 0 aliphatic carbocycles. The SMILES string of the molecule is CNc1ccc(NCCc2ccc(C(F)(F)F)cc2)cc1. The minimum Gasteiger partial charge on any atom is -0.388 e. The van der Waals surface area contributed by atoms with Crippen LogP contribution in [0.2, 0.25) is 0 Å². The van der Waals surface area contributed by atoms with Gasteiger partial charge in [-0.15, -0.1) is 0 Å². The summed E-state index contributed by atoms with van der Waals surface area (Å²) >= 11 is 0. The standard InChI is InChI=1S/C16H17F3N2/c1-20-14-6-8-15(9-7-14)21-11-10-12-2-4-13(5-3-12)16(17,18)19/h2-9,20-21H,10-11H2,1H3. The van der Waals surface area contributed by atoms with Crippen LogP contribution in [0.1, 0.15) is 11.1 Å². The second-order valence-corrected chi connectivity index (χ2v) is 4.70. The van der Waals surface area contributed by atoms with Crippen molar-refractivity contribution < 1.29 is 13.2 Å². The topological polar surface area (TPSA) is 24.1 Å². The van der Waals surface area contributed by atoms with Gasteiger partial charge in [0.2, 0.25) is 0 Å². The van der Waals surface area contributed by atoms with Gasteiger partial charge in [-0.3, -0.25) is 0 Å². The van der Waals surface area contributed by atoms with E-state index < -0.39 is 11.7 Å². The van der Waals surface area contributed by atoms with Crippen molar-refractivity contribution in [3.8, 4) is 0 Å². The number of hydrogen-bond acceptors (Lipinski definition) is 2. The van der Waals surface area contributed by atoms with Crippen LogP contribution in [0.5, 0.6) is 0 Å². The van der Waals surface area contributed by atoms with E-state index in [9.17, 15) is 13.2 Å². The Kier molecular flexibility index (Phi) is 4.73. The molecule has 5 heteroatoms. The van der Waals surface area contributed by atoms with E-state index in [1.54, 1.807) is 0 Å². The second kappa shape index (κ2) is 6.52. The summed E-state index contributed by atoms with van der Waals surface area (Å²) in [5.74, 6) is 0. The molecular formula is C16H17F3N2. The summed E-state index contributed by atoms with van der Waals surface area (Å²) in [7, 11) is 1.85. The van der Waals surface area contributed by atoms with Crippen molar-refractivity contribution in [1.82, 2.24) is 0 Å². The summed E-state index contributed by atoms with van der Waals surface area (Å²) in [6.45, 7) is 0.671. The fraction of sp³-hybridized carbons (Fsp3) is 0.250. The van der Waals surface area contributed by atoms with E-state index in [1.807, 2.05) is 31.3 Å². The monoisotopic (exact) mass is 294 g/mol. The normalized spacial score (nSPS) is 11.2. The van der Waals surface area contributed by atoms with E-state index in [0.29, 0.717) is 13.0 Å². The van der Waals surface area contributed by atoms with Gasteiger partial charge in [-0.2, -0.15) is 13.2 Å². The molecule has 0 aliphatic rings. The van der Waals surface area contributed by atoms with Gasteiger partial charge in [-0.1, -0.05) is 12.1 Å². The smallest absolute Gasteiger partial charge is 0.388 e. The number of rotatable bonds is 5. The minimum atomic E-state index is -4.27. The Morgan fingerprint density at radius 3 is 1.95 bits per heavy atom. The van der Waals surface area contributed by atoms with Gasteiger partial charge >= 0.3 is 6.18 Å². The lowest BCUT2D eigenvalue weighted by atomic mass is 10.1. The van der Waals surface area contributed by atoms with Gasteiger partial charge in [-0.05, 0) is 48.4 Å². The van der Waals surface area contributed by atoms with E-state index in [2.05, 4.69) is 10.6 Å². The third-order valence-electron chi connectivity index (χ3n) is 3.20. The molecule has 0 bridgehead atoms. The van der Waals surface area contributed by atoms with Crippen LogP contribution in [0.4, 0.5) is 24.5 Å². The number of alkyl halides is 3. The first-order valence-electron chi connectivity index (χ1n) is 6.67. The summed E-state index contributed by atoms with van der Waals surface area (Å²) in [5.41, 5.74) is 2.29. The van der Waals surface area contributed by atoms with Gasteiger partial charge in [-0.25, -0.2) is 0 Å². The molecule has 0 aromatic heterocycles. The number of anilines is 2. The van der Waals surface area contributed by atoms with Crippen molar-refractivity contribution in [2.24, 2.45) is 0 Å². The van der Waals surface area contributed by atoms with Crippen LogP contribution in [-0.2, 0) is 12.6 Å². The molecule has 0 aliphatic heterocycles. The maximum absolute atomic E-state index is 12.4. The van der Waals surface area contributed by atoms with E-state index in [4.69, 9.17) is 0 Å². The van der Waals surface area contributed by atoms with Crippen LogP contribution in [0.25, 0.3) is 0 Å². The average Bonchev–Trinajstić information content (AvgIpc) is 2.47. The zero-order valence-electron chi connectivity index (χ0n) is 11.7. The van der Waals surface area contributed by atoms with Crippen LogP contribution < -0.4 is 10.6 Å². The fourth-order valence-corrected chi connectivity index (χ4v) is 1.97. The van der Waals surface area contributed by atoms with Gasteiger partial charge in [0.1, 0.15) is 0 Å². The molecule has 2 N–H and O–H groups in total. The maximum atomic E-state index is 12.4. The molecule has 0 atom stereocenters. The Labute approximate surface area is 122 Å². The third kappa shape index (κ3) is 4.41. The summed E-state index contributed by atoms with van der Waals surface area (Å²) in [6, 6.07) is 13.1. The second-order valence-electron chi connectivity index (χ2n) is 4.70. The van der Waals surface area contributed by atoms with Crippen LogP contribution in [0.3, 0.4) is 0 Å². The van der Waals surface area contributed by atoms with Crippen molar-refractivity contribution >= 4 is 11.4 Å². The molecule has 112 valence electrons. The van der Waals surface area contributed by atoms with Crippen LogP contribution in [0.15, 0.2) is 48.5 Å². The highest BCUT2D eigenvalue weighted by Crippen LogP contribution is 2.29. The van der Waals surface area contributed by atoms with Crippen molar-refractivity contribution in [2.75, 3.05) is 24.2 Å². The summed E-state index contributed by atoms with van der Waals surface area (Å²) in [6.07, 6.45) is -3.60. The molecule has 21 heavy (non-hydrogen) atoms. The number of nitrogens with one attached hydrogen (secondary N) is 2. The summed E-state index contributed by atoms with van der Waals surface area (Å²) in [4.78, 5) is 0. The molecule has 0 radical (unpaired) electrons. The van der Waals surface area contributed by atoms with Gasteiger partial charge in [0, 0.05) is 25.0 Å². The van der Waals surface area contributed by atoms with Crippen molar-refractivity contribution in [2.45, 2.75) is 12.6 Å².